The molecule has 0 fully saturated rings. The summed E-state index contributed by atoms with van der Waals surface area (Å²) in [5, 5.41) is 18.3. The maximum absolute atomic E-state index is 12.3. The minimum atomic E-state index is -0.618. The number of nitro benzene ring substituents is 1. The molecule has 0 unspecified atom stereocenters. The number of carbonyl (C=O) groups is 3. The van der Waals surface area contributed by atoms with Crippen LogP contribution >= 0.6 is 11.3 Å². The normalized spacial score (nSPS) is 12.9. The Hall–Kier alpha value is -3.34. The summed E-state index contributed by atoms with van der Waals surface area (Å²) in [6.07, 6.45) is 0.345. The molecule has 2 heterocycles. The van der Waals surface area contributed by atoms with Gasteiger partial charge >= 0.3 is 6.03 Å². The molecule has 0 saturated heterocycles. The van der Waals surface area contributed by atoms with Crippen LogP contribution in [0, 0.1) is 17.0 Å². The lowest BCUT2D eigenvalue weighted by Gasteiger charge is -2.13. The van der Waals surface area contributed by atoms with Crippen molar-refractivity contribution in [3.63, 3.8) is 0 Å². The highest BCUT2D eigenvalue weighted by Crippen LogP contribution is 2.26. The molecule has 0 atom stereocenters. The van der Waals surface area contributed by atoms with E-state index in [9.17, 15) is 24.5 Å². The Balaban J connectivity index is 1.51. The van der Waals surface area contributed by atoms with Gasteiger partial charge in [-0.15, -0.1) is 11.3 Å². The molecule has 4 amide bonds. The molecule has 1 aromatic heterocycles. The first-order chi connectivity index (χ1) is 12.9. The number of imide groups is 1. The molecule has 140 valence electrons. The van der Waals surface area contributed by atoms with Crippen LogP contribution in [0.3, 0.4) is 0 Å². The van der Waals surface area contributed by atoms with Crippen molar-refractivity contribution in [2.75, 3.05) is 18.4 Å². The van der Waals surface area contributed by atoms with Gasteiger partial charge < -0.3 is 5.32 Å². The summed E-state index contributed by atoms with van der Waals surface area (Å²) in [6.45, 7) is 2.15. The number of amides is 4. The number of fused-ring (bicyclic) bond motifs is 1. The van der Waals surface area contributed by atoms with E-state index in [2.05, 4.69) is 15.6 Å². The molecule has 0 saturated carbocycles. The average Bonchev–Trinajstić information content (AvgIpc) is 3.14. The van der Waals surface area contributed by atoms with Crippen molar-refractivity contribution in [2.45, 2.75) is 13.3 Å². The summed E-state index contributed by atoms with van der Waals surface area (Å²) in [7, 11) is 0. The van der Waals surface area contributed by atoms with Gasteiger partial charge in [0.25, 0.3) is 17.5 Å². The number of carbonyl (C=O) groups excluding carboxylic acids is 3. The van der Waals surface area contributed by atoms with Gasteiger partial charge in [-0.2, -0.15) is 0 Å². The van der Waals surface area contributed by atoms with E-state index in [-0.39, 0.29) is 29.9 Å². The topological polar surface area (TPSA) is 135 Å². The van der Waals surface area contributed by atoms with E-state index in [4.69, 9.17) is 0 Å². The Morgan fingerprint density at radius 2 is 2.04 bits per heavy atom. The second-order valence-corrected chi connectivity index (χ2v) is 6.64. The summed E-state index contributed by atoms with van der Waals surface area (Å²) in [5.41, 5.74) is 0.739. The summed E-state index contributed by atoms with van der Waals surface area (Å²) < 4.78 is 0. The molecule has 2 N–H and O–H groups in total. The second kappa shape index (κ2) is 7.50. The van der Waals surface area contributed by atoms with Crippen molar-refractivity contribution in [1.82, 2.24) is 15.2 Å². The first-order valence-corrected chi connectivity index (χ1v) is 8.86. The zero-order valence-corrected chi connectivity index (χ0v) is 15.0. The van der Waals surface area contributed by atoms with E-state index < -0.39 is 22.8 Å². The van der Waals surface area contributed by atoms with E-state index >= 15 is 0 Å². The number of nitrogens with one attached hydrogen (secondary N) is 2. The molecule has 27 heavy (non-hydrogen) atoms. The minimum Gasteiger partial charge on any atom is -0.338 e. The van der Waals surface area contributed by atoms with Gasteiger partial charge in [0.05, 0.1) is 21.7 Å². The highest BCUT2D eigenvalue weighted by atomic mass is 32.1. The lowest BCUT2D eigenvalue weighted by Crippen LogP contribution is -2.35. The molecule has 1 aliphatic rings. The number of thiazole rings is 1. The van der Waals surface area contributed by atoms with Crippen LogP contribution in [0.1, 0.15) is 32.8 Å². The number of non-ortho nitro benzene ring substituents is 1. The van der Waals surface area contributed by atoms with Gasteiger partial charge in [-0.25, -0.2) is 9.78 Å². The highest BCUT2D eigenvalue weighted by Gasteiger charge is 2.36. The van der Waals surface area contributed by atoms with Crippen LogP contribution < -0.4 is 10.6 Å². The molecule has 0 aliphatic carbocycles. The second-order valence-electron chi connectivity index (χ2n) is 5.78. The number of urea groups is 1. The van der Waals surface area contributed by atoms with Crippen LogP contribution in [0.25, 0.3) is 0 Å². The first-order valence-electron chi connectivity index (χ1n) is 7.98. The number of aromatic nitrogens is 1. The minimum absolute atomic E-state index is 0.0269. The smallest absolute Gasteiger partial charge is 0.321 e. The predicted molar refractivity (Wildman–Crippen MR) is 97.0 cm³/mol. The Bertz CT molecular complexity index is 941. The number of rotatable bonds is 6. The van der Waals surface area contributed by atoms with Crippen LogP contribution in [0.4, 0.5) is 15.6 Å². The van der Waals surface area contributed by atoms with Crippen LogP contribution in [0.2, 0.25) is 0 Å². The number of nitrogens with zero attached hydrogens (tertiary/aromatic N) is 3. The number of hydrogen-bond acceptors (Lipinski definition) is 7. The number of aryl methyl sites for hydroxylation is 1. The van der Waals surface area contributed by atoms with Crippen LogP contribution in [-0.2, 0) is 0 Å². The molecule has 3 rings (SSSR count). The lowest BCUT2D eigenvalue weighted by molar-refractivity contribution is -0.384. The van der Waals surface area contributed by atoms with Crippen molar-refractivity contribution in [3.8, 4) is 0 Å². The third-order valence-electron chi connectivity index (χ3n) is 3.85. The fourth-order valence-electron chi connectivity index (χ4n) is 2.59. The molecule has 0 bridgehead atoms. The Morgan fingerprint density at radius 3 is 2.70 bits per heavy atom. The SMILES string of the molecule is Cc1csc(NC(=O)NCCCN2C(=O)c3ccc([N+](=O)[O-])cc3C2=O)n1. The molecule has 0 radical (unpaired) electrons. The largest absolute Gasteiger partial charge is 0.338 e. The van der Waals surface area contributed by atoms with Gasteiger partial charge in [0, 0.05) is 30.6 Å². The van der Waals surface area contributed by atoms with E-state index in [1.165, 1.54) is 23.5 Å². The van der Waals surface area contributed by atoms with Gasteiger partial charge in [-0.3, -0.25) is 29.9 Å². The fourth-order valence-corrected chi connectivity index (χ4v) is 3.27. The van der Waals surface area contributed by atoms with Crippen LogP contribution in [-0.4, -0.2) is 45.7 Å². The third-order valence-corrected chi connectivity index (χ3v) is 4.72. The molecule has 11 heteroatoms. The third kappa shape index (κ3) is 3.92. The zero-order chi connectivity index (χ0) is 19.6. The molecular weight excluding hydrogens is 374 g/mol. The molecule has 1 aromatic carbocycles. The summed E-state index contributed by atoms with van der Waals surface area (Å²) in [5.74, 6) is -1.06. The van der Waals surface area contributed by atoms with E-state index in [1.54, 1.807) is 0 Å². The van der Waals surface area contributed by atoms with Gasteiger partial charge in [0.1, 0.15) is 0 Å². The average molecular weight is 389 g/mol. The quantitative estimate of drug-likeness (QED) is 0.336. The lowest BCUT2D eigenvalue weighted by atomic mass is 10.1. The predicted octanol–water partition coefficient (Wildman–Crippen LogP) is 2.17. The Labute approximate surface area is 157 Å². The standard InChI is InChI=1S/C16H15N5O5S/c1-9-8-27-16(18-9)19-15(24)17-5-2-6-20-13(22)11-4-3-10(21(25)26)7-12(11)14(20)23/h3-4,7-8H,2,5-6H2,1H3,(H2,17,18,19,24). The maximum Gasteiger partial charge on any atom is 0.321 e. The Kier molecular flexibility index (Phi) is 5.12. The van der Waals surface area contributed by atoms with Crippen molar-refractivity contribution in [1.29, 1.82) is 0 Å². The van der Waals surface area contributed by atoms with Crippen molar-refractivity contribution < 1.29 is 19.3 Å². The molecule has 0 spiro atoms. The molecule has 2 aromatic rings. The highest BCUT2D eigenvalue weighted by molar-refractivity contribution is 7.13. The molecular formula is C16H15N5O5S. The van der Waals surface area contributed by atoms with Gasteiger partial charge in [-0.1, -0.05) is 0 Å². The monoisotopic (exact) mass is 389 g/mol. The van der Waals surface area contributed by atoms with E-state index in [1.807, 2.05) is 12.3 Å². The maximum atomic E-state index is 12.3. The van der Waals surface area contributed by atoms with E-state index in [0.717, 1.165) is 16.7 Å². The van der Waals surface area contributed by atoms with Gasteiger partial charge in [-0.05, 0) is 19.4 Å². The van der Waals surface area contributed by atoms with Crippen molar-refractivity contribution in [2.24, 2.45) is 0 Å². The van der Waals surface area contributed by atoms with E-state index in [0.29, 0.717) is 11.6 Å². The zero-order valence-electron chi connectivity index (χ0n) is 14.2. The fraction of sp³-hybridized carbons (Fsp3) is 0.250. The van der Waals surface area contributed by atoms with Gasteiger partial charge in [0.2, 0.25) is 0 Å². The molecule has 1 aliphatic heterocycles. The Morgan fingerprint density at radius 1 is 1.30 bits per heavy atom. The van der Waals surface area contributed by atoms with Crippen LogP contribution in [0.5, 0.6) is 0 Å². The van der Waals surface area contributed by atoms with Crippen LogP contribution in [0.15, 0.2) is 23.6 Å². The van der Waals surface area contributed by atoms with Crippen molar-refractivity contribution >= 4 is 40.0 Å². The summed E-state index contributed by atoms with van der Waals surface area (Å²) >= 11 is 1.31. The number of benzene rings is 1. The van der Waals surface area contributed by atoms with Crippen molar-refractivity contribution in [3.05, 3.63) is 50.5 Å². The first kappa shape index (κ1) is 18.5. The molecule has 10 nitrogen and oxygen atoms in total. The summed E-state index contributed by atoms with van der Waals surface area (Å²) in [6, 6.07) is 3.16. The number of anilines is 1. The number of hydrogen-bond donors (Lipinski definition) is 2. The number of nitro groups is 1. The summed E-state index contributed by atoms with van der Waals surface area (Å²) in [4.78, 5) is 51.7. The van der Waals surface area contributed by atoms with Gasteiger partial charge in [0.15, 0.2) is 5.13 Å².